The molecule has 1 aliphatic rings. The molecule has 0 bridgehead atoms. The zero-order chi connectivity index (χ0) is 24.3. The molecule has 1 aliphatic heterocycles. The Morgan fingerprint density at radius 2 is 1.68 bits per heavy atom. The molecule has 0 aliphatic carbocycles. The Bertz CT molecular complexity index is 1250. The second kappa shape index (κ2) is 9.99. The number of carbonyl (C=O) groups excluding carboxylic acids is 1. The molecule has 7 heteroatoms. The highest BCUT2D eigenvalue weighted by Gasteiger charge is 2.37. The number of sulfonamides is 1. The van der Waals surface area contributed by atoms with E-state index in [9.17, 15) is 13.2 Å². The summed E-state index contributed by atoms with van der Waals surface area (Å²) in [5.41, 5.74) is 5.07. The van der Waals surface area contributed by atoms with Crippen LogP contribution < -0.4 is 10.2 Å². The third-order valence-corrected chi connectivity index (χ3v) is 8.23. The van der Waals surface area contributed by atoms with Gasteiger partial charge in [0.2, 0.25) is 15.9 Å². The first-order valence-electron chi connectivity index (χ1n) is 11.4. The summed E-state index contributed by atoms with van der Waals surface area (Å²) in [6, 6.07) is 22.1. The molecule has 0 spiro atoms. The lowest BCUT2D eigenvalue weighted by molar-refractivity contribution is -0.122. The summed E-state index contributed by atoms with van der Waals surface area (Å²) >= 11 is 0. The van der Waals surface area contributed by atoms with Crippen molar-refractivity contribution in [3.63, 3.8) is 0 Å². The number of anilines is 1. The van der Waals surface area contributed by atoms with E-state index in [0.29, 0.717) is 19.5 Å². The maximum atomic E-state index is 13.6. The van der Waals surface area contributed by atoms with Crippen molar-refractivity contribution in [3.05, 3.63) is 95.1 Å². The lowest BCUT2D eigenvalue weighted by Crippen LogP contribution is -2.42. The Hall–Kier alpha value is -3.16. The van der Waals surface area contributed by atoms with Crippen molar-refractivity contribution in [1.29, 1.82) is 0 Å². The Morgan fingerprint density at radius 3 is 2.35 bits per heavy atom. The Kier molecular flexibility index (Phi) is 7.05. The lowest BCUT2D eigenvalue weighted by atomic mass is 9.92. The molecule has 0 saturated heterocycles. The van der Waals surface area contributed by atoms with Crippen LogP contribution in [0.5, 0.6) is 0 Å². The molecule has 0 unspecified atom stereocenters. The summed E-state index contributed by atoms with van der Waals surface area (Å²) in [6.45, 7) is 2.66. The van der Waals surface area contributed by atoms with Crippen LogP contribution in [0.2, 0.25) is 0 Å². The fraction of sp³-hybridized carbons (Fsp3) is 0.296. The molecule has 0 aromatic heterocycles. The molecule has 34 heavy (non-hydrogen) atoms. The SMILES string of the molecule is Cc1ccc(S(=O)(=O)N2CCc3ccccc3[C@H]2CC(=O)NCc2ccc(N(C)C)cc2)cc1. The highest BCUT2D eigenvalue weighted by molar-refractivity contribution is 7.89. The third kappa shape index (κ3) is 5.16. The Balaban J connectivity index is 1.54. The molecule has 3 aromatic carbocycles. The molecule has 1 amide bonds. The second-order valence-electron chi connectivity index (χ2n) is 8.94. The van der Waals surface area contributed by atoms with Gasteiger partial charge < -0.3 is 10.2 Å². The zero-order valence-electron chi connectivity index (χ0n) is 19.9. The van der Waals surface area contributed by atoms with E-state index in [1.165, 1.54) is 4.31 Å². The number of carbonyl (C=O) groups is 1. The van der Waals surface area contributed by atoms with Crippen LogP contribution in [0, 0.1) is 6.92 Å². The number of fused-ring (bicyclic) bond motifs is 1. The number of hydrogen-bond acceptors (Lipinski definition) is 4. The average Bonchev–Trinajstić information content (AvgIpc) is 2.83. The lowest BCUT2D eigenvalue weighted by Gasteiger charge is -2.36. The average molecular weight is 478 g/mol. The summed E-state index contributed by atoms with van der Waals surface area (Å²) in [6.07, 6.45) is 0.690. The molecule has 0 fully saturated rings. The van der Waals surface area contributed by atoms with Crippen molar-refractivity contribution in [2.24, 2.45) is 0 Å². The highest BCUT2D eigenvalue weighted by atomic mass is 32.2. The Morgan fingerprint density at radius 1 is 1.00 bits per heavy atom. The van der Waals surface area contributed by atoms with Crippen molar-refractivity contribution < 1.29 is 13.2 Å². The normalized spacial score (nSPS) is 16.0. The monoisotopic (exact) mass is 477 g/mol. The maximum absolute atomic E-state index is 13.6. The minimum Gasteiger partial charge on any atom is -0.378 e. The first kappa shape index (κ1) is 24.0. The molecule has 6 nitrogen and oxygen atoms in total. The predicted octanol–water partition coefficient (Wildman–Crippen LogP) is 4.06. The minimum absolute atomic E-state index is 0.0673. The van der Waals surface area contributed by atoms with E-state index in [-0.39, 0.29) is 17.2 Å². The first-order chi connectivity index (χ1) is 16.3. The molecule has 3 aromatic rings. The van der Waals surface area contributed by atoms with Crippen LogP contribution >= 0.6 is 0 Å². The van der Waals surface area contributed by atoms with Gasteiger partial charge in [0.05, 0.1) is 10.9 Å². The van der Waals surface area contributed by atoms with Crippen molar-refractivity contribution >= 4 is 21.6 Å². The summed E-state index contributed by atoms with van der Waals surface area (Å²) in [5.74, 6) is -0.178. The van der Waals surface area contributed by atoms with Crippen molar-refractivity contribution in [2.75, 3.05) is 25.5 Å². The van der Waals surface area contributed by atoms with E-state index >= 15 is 0 Å². The van der Waals surface area contributed by atoms with Gasteiger partial charge >= 0.3 is 0 Å². The predicted molar refractivity (Wildman–Crippen MR) is 135 cm³/mol. The van der Waals surface area contributed by atoms with Crippen LogP contribution in [-0.4, -0.2) is 39.3 Å². The molecule has 0 radical (unpaired) electrons. The van der Waals surface area contributed by atoms with E-state index in [0.717, 1.165) is 27.9 Å². The number of amides is 1. The summed E-state index contributed by atoms with van der Waals surface area (Å²) in [5, 5.41) is 2.97. The van der Waals surface area contributed by atoms with E-state index in [2.05, 4.69) is 5.32 Å². The van der Waals surface area contributed by atoms with Crippen LogP contribution in [0.4, 0.5) is 5.69 Å². The number of nitrogens with one attached hydrogen (secondary N) is 1. The van der Waals surface area contributed by atoms with E-state index < -0.39 is 16.1 Å². The summed E-state index contributed by atoms with van der Waals surface area (Å²) in [4.78, 5) is 15.3. The number of rotatable bonds is 7. The van der Waals surface area contributed by atoms with Gasteiger partial charge in [0.15, 0.2) is 0 Å². The molecular weight excluding hydrogens is 446 g/mol. The first-order valence-corrected chi connectivity index (χ1v) is 12.9. The van der Waals surface area contributed by atoms with E-state index in [4.69, 9.17) is 0 Å². The van der Waals surface area contributed by atoms with E-state index in [1.54, 1.807) is 24.3 Å². The molecule has 1 N–H and O–H groups in total. The quantitative estimate of drug-likeness (QED) is 0.557. The smallest absolute Gasteiger partial charge is 0.243 e. The van der Waals surface area contributed by atoms with Gasteiger partial charge in [0, 0.05) is 39.3 Å². The number of aryl methyl sites for hydroxylation is 1. The van der Waals surface area contributed by atoms with Gasteiger partial charge in [-0.15, -0.1) is 0 Å². The third-order valence-electron chi connectivity index (χ3n) is 6.31. The number of hydrogen-bond donors (Lipinski definition) is 1. The standard InChI is InChI=1S/C27H31N3O3S/c1-20-8-14-24(15-9-20)34(32,33)30-17-16-22-6-4-5-7-25(22)26(30)18-27(31)28-19-21-10-12-23(13-11-21)29(2)3/h4-15,26H,16-19H2,1-3H3,(H,28,31)/t26-/m1/s1. The molecular formula is C27H31N3O3S. The molecule has 178 valence electrons. The maximum Gasteiger partial charge on any atom is 0.243 e. The zero-order valence-corrected chi connectivity index (χ0v) is 20.7. The Labute approximate surface area is 202 Å². The number of benzene rings is 3. The number of nitrogens with zero attached hydrogens (tertiary/aromatic N) is 2. The topological polar surface area (TPSA) is 69.7 Å². The van der Waals surface area contributed by atoms with Crippen molar-refractivity contribution in [2.45, 2.75) is 37.2 Å². The van der Waals surface area contributed by atoms with Gasteiger partial charge in [-0.25, -0.2) is 8.42 Å². The molecule has 0 saturated carbocycles. The van der Waals surface area contributed by atoms with Crippen LogP contribution in [0.3, 0.4) is 0 Å². The fourth-order valence-corrected chi connectivity index (χ4v) is 5.94. The highest BCUT2D eigenvalue weighted by Crippen LogP contribution is 2.36. The van der Waals surface area contributed by atoms with Crippen molar-refractivity contribution in [1.82, 2.24) is 9.62 Å². The largest absolute Gasteiger partial charge is 0.378 e. The van der Waals surface area contributed by atoms with E-state index in [1.807, 2.05) is 74.4 Å². The van der Waals surface area contributed by atoms with Gasteiger partial charge in [0.25, 0.3) is 0 Å². The van der Waals surface area contributed by atoms with Gasteiger partial charge in [-0.2, -0.15) is 4.31 Å². The van der Waals surface area contributed by atoms with Gasteiger partial charge in [-0.1, -0.05) is 54.1 Å². The van der Waals surface area contributed by atoms with Crippen LogP contribution in [0.15, 0.2) is 77.7 Å². The minimum atomic E-state index is -3.75. The van der Waals surface area contributed by atoms with Gasteiger partial charge in [0.1, 0.15) is 0 Å². The molecule has 4 rings (SSSR count). The van der Waals surface area contributed by atoms with Crippen LogP contribution in [-0.2, 0) is 27.8 Å². The fourth-order valence-electron chi connectivity index (χ4n) is 4.33. The second-order valence-corrected chi connectivity index (χ2v) is 10.8. The van der Waals surface area contributed by atoms with Gasteiger partial charge in [-0.3, -0.25) is 4.79 Å². The van der Waals surface area contributed by atoms with Crippen molar-refractivity contribution in [3.8, 4) is 0 Å². The summed E-state index contributed by atoms with van der Waals surface area (Å²) in [7, 11) is 0.215. The van der Waals surface area contributed by atoms with Crippen LogP contribution in [0.25, 0.3) is 0 Å². The van der Waals surface area contributed by atoms with Gasteiger partial charge in [-0.05, 0) is 54.3 Å². The molecule has 1 atom stereocenters. The van der Waals surface area contributed by atoms with Crippen LogP contribution in [0.1, 0.15) is 34.7 Å². The molecule has 1 heterocycles. The summed E-state index contributed by atoms with van der Waals surface area (Å²) < 4.78 is 28.6.